The van der Waals surface area contributed by atoms with E-state index in [1.54, 1.807) is 12.2 Å². The van der Waals surface area contributed by atoms with Gasteiger partial charge in [-0.2, -0.15) is 0 Å². The molecule has 1 aliphatic heterocycles. The molecule has 0 aromatic rings. The van der Waals surface area contributed by atoms with Crippen molar-refractivity contribution in [1.82, 2.24) is 5.32 Å². The molecule has 1 saturated heterocycles. The van der Waals surface area contributed by atoms with Gasteiger partial charge in [0.1, 0.15) is 24.4 Å². The lowest BCUT2D eigenvalue weighted by atomic mass is 9.99. The average Bonchev–Trinajstić information content (AvgIpc) is 3.29. The van der Waals surface area contributed by atoms with Gasteiger partial charge in [-0.1, -0.05) is 234 Å². The van der Waals surface area contributed by atoms with Gasteiger partial charge in [0.15, 0.2) is 6.29 Å². The van der Waals surface area contributed by atoms with Crippen molar-refractivity contribution in [3.63, 3.8) is 0 Å². The fraction of sp³-hybridized carbons (Fsp3) is 0.764. The predicted molar refractivity (Wildman–Crippen MR) is 267 cm³/mol. The summed E-state index contributed by atoms with van der Waals surface area (Å²) in [7, 11) is 0. The Labute approximate surface area is 391 Å². The zero-order chi connectivity index (χ0) is 46.6. The van der Waals surface area contributed by atoms with Crippen molar-refractivity contribution in [2.45, 2.75) is 256 Å². The molecule has 0 aliphatic carbocycles. The maximum Gasteiger partial charge on any atom is 0.224 e. The van der Waals surface area contributed by atoms with Gasteiger partial charge in [0, 0.05) is 6.42 Å². The van der Waals surface area contributed by atoms with Crippen LogP contribution < -0.4 is 5.32 Å². The van der Waals surface area contributed by atoms with E-state index in [0.717, 1.165) is 44.9 Å². The smallest absolute Gasteiger partial charge is 0.224 e. The van der Waals surface area contributed by atoms with Crippen molar-refractivity contribution in [2.24, 2.45) is 0 Å². The molecule has 1 amide bonds. The van der Waals surface area contributed by atoms with Crippen molar-refractivity contribution in [1.29, 1.82) is 0 Å². The molecule has 0 bridgehead atoms. The van der Waals surface area contributed by atoms with Crippen molar-refractivity contribution in [3.8, 4) is 0 Å². The fourth-order valence-corrected chi connectivity index (χ4v) is 7.93. The van der Waals surface area contributed by atoms with Crippen LogP contribution in [-0.2, 0) is 14.3 Å². The molecule has 9 nitrogen and oxygen atoms in total. The Morgan fingerprint density at radius 3 is 1.38 bits per heavy atom. The number of rotatable bonds is 43. The second kappa shape index (κ2) is 44.5. The summed E-state index contributed by atoms with van der Waals surface area (Å²) in [5, 5.41) is 54.2. The van der Waals surface area contributed by atoms with Crippen molar-refractivity contribution in [2.75, 3.05) is 13.2 Å². The van der Waals surface area contributed by atoms with Gasteiger partial charge in [0.25, 0.3) is 0 Å². The van der Waals surface area contributed by atoms with Crippen LogP contribution in [0.1, 0.15) is 213 Å². The normalized spacial score (nSPS) is 20.6. The third-order valence-corrected chi connectivity index (χ3v) is 12.1. The standard InChI is InChI=1S/C55H97NO8/c1-3-5-7-9-11-13-15-17-19-20-21-22-23-24-25-26-27-28-29-31-32-34-36-38-40-42-44-49(58)48(47-63-55-54(62)53(61)52(60)50(46-57)64-55)56-51(59)45-43-41-39-37-35-33-30-18-16-14-12-10-8-6-4-2/h6,8,12,14,18,30,35,37,41-44,48-50,52-55,57-58,60-62H,3-5,7,9-11,13,15-17,19-29,31-34,36,38-40,45-47H2,1-2H3,(H,56,59)/b8-6-,14-12-,30-18-,37-35-,43-41-,44-42+. The number of hydrogen-bond donors (Lipinski definition) is 6. The molecule has 1 fully saturated rings. The van der Waals surface area contributed by atoms with Crippen molar-refractivity contribution >= 4 is 5.91 Å². The van der Waals surface area contributed by atoms with E-state index in [1.807, 2.05) is 12.2 Å². The molecule has 1 aliphatic rings. The largest absolute Gasteiger partial charge is 0.394 e. The van der Waals surface area contributed by atoms with Gasteiger partial charge in [-0.15, -0.1) is 0 Å². The van der Waals surface area contributed by atoms with Crippen LogP contribution in [0, 0.1) is 0 Å². The number of carbonyl (C=O) groups is 1. The van der Waals surface area contributed by atoms with Gasteiger partial charge in [-0.05, 0) is 44.9 Å². The molecule has 9 heteroatoms. The van der Waals surface area contributed by atoms with Crippen LogP contribution in [0.2, 0.25) is 0 Å². The molecule has 370 valence electrons. The number of aliphatic hydroxyl groups is 5. The van der Waals surface area contributed by atoms with E-state index in [1.165, 1.54) is 141 Å². The van der Waals surface area contributed by atoms with Crippen LogP contribution >= 0.6 is 0 Å². The number of allylic oxidation sites excluding steroid dienone is 10. The minimum Gasteiger partial charge on any atom is -0.394 e. The summed E-state index contributed by atoms with van der Waals surface area (Å²) in [5.41, 5.74) is 0. The van der Waals surface area contributed by atoms with E-state index in [-0.39, 0.29) is 18.9 Å². The number of ether oxygens (including phenoxy) is 2. The minimum absolute atomic E-state index is 0.111. The molecule has 7 atom stereocenters. The van der Waals surface area contributed by atoms with E-state index in [9.17, 15) is 30.3 Å². The quantitative estimate of drug-likeness (QED) is 0.0262. The highest BCUT2D eigenvalue weighted by atomic mass is 16.7. The monoisotopic (exact) mass is 900 g/mol. The third-order valence-electron chi connectivity index (χ3n) is 12.1. The molecule has 1 heterocycles. The maximum atomic E-state index is 12.9. The first kappa shape index (κ1) is 59.6. The van der Waals surface area contributed by atoms with Gasteiger partial charge in [0.2, 0.25) is 5.91 Å². The fourth-order valence-electron chi connectivity index (χ4n) is 7.93. The molecule has 6 N–H and O–H groups in total. The third kappa shape index (κ3) is 34.0. The van der Waals surface area contributed by atoms with Crippen LogP contribution in [0.5, 0.6) is 0 Å². The zero-order valence-corrected chi connectivity index (χ0v) is 40.8. The van der Waals surface area contributed by atoms with E-state index in [2.05, 4.69) is 67.8 Å². The first-order valence-electron chi connectivity index (χ1n) is 26.2. The van der Waals surface area contributed by atoms with Gasteiger partial charge in [-0.25, -0.2) is 0 Å². The topological polar surface area (TPSA) is 149 Å². The molecule has 0 aromatic carbocycles. The lowest BCUT2D eigenvalue weighted by Gasteiger charge is -2.40. The first-order chi connectivity index (χ1) is 31.3. The second-order valence-corrected chi connectivity index (χ2v) is 18.0. The van der Waals surface area contributed by atoms with Crippen LogP contribution in [0.3, 0.4) is 0 Å². The highest BCUT2D eigenvalue weighted by molar-refractivity contribution is 5.77. The van der Waals surface area contributed by atoms with Crippen LogP contribution in [0.4, 0.5) is 0 Å². The summed E-state index contributed by atoms with van der Waals surface area (Å²) in [6.45, 7) is 3.61. The zero-order valence-electron chi connectivity index (χ0n) is 40.8. The summed E-state index contributed by atoms with van der Waals surface area (Å²) >= 11 is 0. The molecular weight excluding hydrogens is 803 g/mol. The Morgan fingerprint density at radius 1 is 0.547 bits per heavy atom. The summed E-state index contributed by atoms with van der Waals surface area (Å²) < 4.78 is 11.2. The van der Waals surface area contributed by atoms with Gasteiger partial charge < -0.3 is 40.3 Å². The molecule has 7 unspecified atom stereocenters. The molecule has 0 radical (unpaired) electrons. The summed E-state index contributed by atoms with van der Waals surface area (Å²) in [6.07, 6.45) is 54.2. The Hall–Kier alpha value is -2.37. The summed E-state index contributed by atoms with van der Waals surface area (Å²) in [5.74, 6) is -0.304. The van der Waals surface area contributed by atoms with Crippen molar-refractivity contribution in [3.05, 3.63) is 72.9 Å². The lowest BCUT2D eigenvalue weighted by Crippen LogP contribution is -2.60. The Morgan fingerprint density at radius 2 is 0.953 bits per heavy atom. The number of unbranched alkanes of at least 4 members (excludes halogenated alkanes) is 24. The predicted octanol–water partition coefficient (Wildman–Crippen LogP) is 12.1. The number of carbonyl (C=O) groups excluding carboxylic acids is 1. The van der Waals surface area contributed by atoms with E-state index >= 15 is 0 Å². The van der Waals surface area contributed by atoms with E-state index < -0.39 is 49.5 Å². The lowest BCUT2D eigenvalue weighted by molar-refractivity contribution is -0.302. The highest BCUT2D eigenvalue weighted by Gasteiger charge is 2.44. The molecule has 1 rings (SSSR count). The Kier molecular flexibility index (Phi) is 41.4. The minimum atomic E-state index is -1.59. The molecular formula is C55H97NO8. The highest BCUT2D eigenvalue weighted by Crippen LogP contribution is 2.23. The number of hydrogen-bond acceptors (Lipinski definition) is 8. The van der Waals surface area contributed by atoms with Gasteiger partial charge in [0.05, 0.1) is 25.4 Å². The van der Waals surface area contributed by atoms with Gasteiger partial charge >= 0.3 is 0 Å². The molecule has 0 spiro atoms. The Balaban J connectivity index is 2.29. The summed E-state index contributed by atoms with van der Waals surface area (Å²) in [6, 6.07) is -0.863. The van der Waals surface area contributed by atoms with E-state index in [0.29, 0.717) is 6.42 Å². The van der Waals surface area contributed by atoms with Crippen LogP contribution in [-0.4, -0.2) is 87.5 Å². The average molecular weight is 900 g/mol. The maximum absolute atomic E-state index is 12.9. The molecule has 0 aromatic heterocycles. The first-order valence-corrected chi connectivity index (χ1v) is 26.2. The molecule has 64 heavy (non-hydrogen) atoms. The van der Waals surface area contributed by atoms with Crippen LogP contribution in [0.25, 0.3) is 0 Å². The SMILES string of the molecule is CC/C=C\C/C=C\C/C=C\C/C=C\C/C=C\CC(=O)NC(COC1OC(CO)C(O)C(O)C1O)C(O)/C=C/CCCCCCCCCCCCCCCCCCCCCCCCCC. The number of nitrogens with one attached hydrogen (secondary N) is 1. The number of amides is 1. The second-order valence-electron chi connectivity index (χ2n) is 18.0. The summed E-state index contributed by atoms with van der Waals surface area (Å²) in [4.78, 5) is 12.9. The van der Waals surface area contributed by atoms with Crippen LogP contribution in [0.15, 0.2) is 72.9 Å². The van der Waals surface area contributed by atoms with Gasteiger partial charge in [-0.3, -0.25) is 4.79 Å². The number of aliphatic hydroxyl groups excluding tert-OH is 5. The Bertz CT molecular complexity index is 1230. The van der Waals surface area contributed by atoms with E-state index in [4.69, 9.17) is 9.47 Å². The molecule has 0 saturated carbocycles. The van der Waals surface area contributed by atoms with Crippen molar-refractivity contribution < 1.29 is 39.8 Å².